The van der Waals surface area contributed by atoms with Crippen LogP contribution in [-0.2, 0) is 9.53 Å². The highest BCUT2D eigenvalue weighted by molar-refractivity contribution is 5.85. The summed E-state index contributed by atoms with van der Waals surface area (Å²) in [7, 11) is 0. The fourth-order valence-electron chi connectivity index (χ4n) is 4.51. The second-order valence-corrected chi connectivity index (χ2v) is 6.87. The zero-order chi connectivity index (χ0) is 14.1. The number of carbonyl (C=O) groups is 1. The number of nitrogens with zero attached hydrogens (tertiary/aromatic N) is 1. The Bertz CT molecular complexity index is 352. The molecule has 0 spiro atoms. The maximum Gasteiger partial charge on any atom is 0.226 e. The Kier molecular flexibility index (Phi) is 5.92. The van der Waals surface area contributed by atoms with E-state index in [2.05, 4.69) is 11.8 Å². The van der Waals surface area contributed by atoms with E-state index in [4.69, 9.17) is 10.5 Å². The summed E-state index contributed by atoms with van der Waals surface area (Å²) < 4.78 is 5.52. The minimum Gasteiger partial charge on any atom is -0.377 e. The molecule has 1 amide bonds. The van der Waals surface area contributed by atoms with Crippen molar-refractivity contribution < 1.29 is 9.53 Å². The van der Waals surface area contributed by atoms with Gasteiger partial charge < -0.3 is 15.4 Å². The SMILES string of the molecule is CCC1COCCN1C(=O)C1CC2CCCC(C1)C2N.Cl. The first kappa shape index (κ1) is 17.0. The summed E-state index contributed by atoms with van der Waals surface area (Å²) in [6.07, 6.45) is 6.78. The van der Waals surface area contributed by atoms with Crippen LogP contribution in [0.2, 0.25) is 0 Å². The van der Waals surface area contributed by atoms with Crippen molar-refractivity contribution >= 4 is 18.3 Å². The number of halogens is 1. The Hall–Kier alpha value is -0.320. The van der Waals surface area contributed by atoms with Gasteiger partial charge in [0.1, 0.15) is 0 Å². The van der Waals surface area contributed by atoms with Crippen molar-refractivity contribution in [2.45, 2.75) is 57.5 Å². The van der Waals surface area contributed by atoms with Gasteiger partial charge in [-0.3, -0.25) is 4.79 Å². The van der Waals surface area contributed by atoms with Crippen molar-refractivity contribution in [3.8, 4) is 0 Å². The summed E-state index contributed by atoms with van der Waals surface area (Å²) in [5.41, 5.74) is 6.33. The van der Waals surface area contributed by atoms with Crippen LogP contribution in [0.25, 0.3) is 0 Å². The van der Waals surface area contributed by atoms with Crippen molar-refractivity contribution in [2.24, 2.45) is 23.5 Å². The summed E-state index contributed by atoms with van der Waals surface area (Å²) >= 11 is 0. The predicted molar refractivity (Wildman–Crippen MR) is 85.4 cm³/mol. The van der Waals surface area contributed by atoms with E-state index in [0.717, 1.165) is 25.8 Å². The van der Waals surface area contributed by atoms with Crippen LogP contribution in [0.15, 0.2) is 0 Å². The fraction of sp³-hybridized carbons (Fsp3) is 0.938. The van der Waals surface area contributed by atoms with Crippen molar-refractivity contribution in [1.29, 1.82) is 0 Å². The van der Waals surface area contributed by atoms with E-state index in [9.17, 15) is 4.79 Å². The molecule has 5 heteroatoms. The summed E-state index contributed by atoms with van der Waals surface area (Å²) in [5.74, 6) is 1.76. The largest absolute Gasteiger partial charge is 0.377 e. The molecule has 0 aromatic carbocycles. The molecular weight excluding hydrogens is 288 g/mol. The zero-order valence-corrected chi connectivity index (χ0v) is 13.8. The van der Waals surface area contributed by atoms with E-state index in [1.54, 1.807) is 0 Å². The van der Waals surface area contributed by atoms with Gasteiger partial charge in [0.15, 0.2) is 0 Å². The lowest BCUT2D eigenvalue weighted by Gasteiger charge is -2.46. The molecule has 1 saturated heterocycles. The third-order valence-electron chi connectivity index (χ3n) is 5.74. The van der Waals surface area contributed by atoms with E-state index in [0.29, 0.717) is 37.0 Å². The average Bonchev–Trinajstić information content (AvgIpc) is 2.46. The quantitative estimate of drug-likeness (QED) is 0.849. The molecule has 2 N–H and O–H groups in total. The van der Waals surface area contributed by atoms with Crippen LogP contribution in [0.3, 0.4) is 0 Å². The summed E-state index contributed by atoms with van der Waals surface area (Å²) in [5, 5.41) is 0. The molecular formula is C16H29ClN2O2. The molecule has 0 radical (unpaired) electrons. The molecule has 0 aromatic heterocycles. The molecule has 3 atom stereocenters. The van der Waals surface area contributed by atoms with Gasteiger partial charge in [-0.05, 0) is 43.9 Å². The molecule has 21 heavy (non-hydrogen) atoms. The van der Waals surface area contributed by atoms with Crippen LogP contribution in [0.4, 0.5) is 0 Å². The van der Waals surface area contributed by atoms with Gasteiger partial charge in [0, 0.05) is 18.5 Å². The molecule has 3 fully saturated rings. The number of amides is 1. The van der Waals surface area contributed by atoms with Gasteiger partial charge in [0.2, 0.25) is 5.91 Å². The second-order valence-electron chi connectivity index (χ2n) is 6.87. The Morgan fingerprint density at radius 2 is 1.95 bits per heavy atom. The van der Waals surface area contributed by atoms with E-state index < -0.39 is 0 Å². The maximum absolute atomic E-state index is 12.9. The van der Waals surface area contributed by atoms with Crippen molar-refractivity contribution in [3.05, 3.63) is 0 Å². The third kappa shape index (κ3) is 3.38. The number of fused-ring (bicyclic) bond motifs is 2. The topological polar surface area (TPSA) is 55.6 Å². The van der Waals surface area contributed by atoms with E-state index in [-0.39, 0.29) is 24.4 Å². The average molecular weight is 317 g/mol. The second kappa shape index (κ2) is 7.30. The Morgan fingerprint density at radius 1 is 1.29 bits per heavy atom. The highest BCUT2D eigenvalue weighted by Crippen LogP contribution is 2.42. The molecule has 3 aliphatic rings. The molecule has 4 nitrogen and oxygen atoms in total. The normalized spacial score (nSPS) is 39.5. The van der Waals surface area contributed by atoms with E-state index in [1.807, 2.05) is 0 Å². The standard InChI is InChI=1S/C16H28N2O2.ClH/c1-2-14-10-20-7-6-18(14)16(19)13-8-11-4-3-5-12(9-13)15(11)17;/h11-15H,2-10,17H2,1H3;1H. The van der Waals surface area contributed by atoms with Gasteiger partial charge in [-0.1, -0.05) is 13.3 Å². The van der Waals surface area contributed by atoms with Crippen molar-refractivity contribution in [2.75, 3.05) is 19.8 Å². The molecule has 2 aliphatic carbocycles. The molecule has 1 heterocycles. The lowest BCUT2D eigenvalue weighted by atomic mass is 9.65. The van der Waals surface area contributed by atoms with Gasteiger partial charge in [-0.15, -0.1) is 12.4 Å². The molecule has 3 unspecified atom stereocenters. The first-order chi connectivity index (χ1) is 9.70. The Labute approximate surface area is 134 Å². The molecule has 3 rings (SSSR count). The van der Waals surface area contributed by atoms with Crippen molar-refractivity contribution in [3.63, 3.8) is 0 Å². The number of hydrogen-bond acceptors (Lipinski definition) is 3. The monoisotopic (exact) mass is 316 g/mol. The molecule has 2 bridgehead atoms. The first-order valence-electron chi connectivity index (χ1n) is 8.34. The smallest absolute Gasteiger partial charge is 0.226 e. The van der Waals surface area contributed by atoms with E-state index in [1.165, 1.54) is 19.3 Å². The minimum absolute atomic E-state index is 0. The number of nitrogens with two attached hydrogens (primary N) is 1. The van der Waals surface area contributed by atoms with Crippen molar-refractivity contribution in [1.82, 2.24) is 4.90 Å². The summed E-state index contributed by atoms with van der Waals surface area (Å²) in [4.78, 5) is 15.0. The van der Waals surface area contributed by atoms with E-state index >= 15 is 0 Å². The molecule has 2 saturated carbocycles. The van der Waals surface area contributed by atoms with Crippen LogP contribution in [-0.4, -0.2) is 42.6 Å². The molecule has 0 aromatic rings. The van der Waals surface area contributed by atoms with Crippen LogP contribution in [0.1, 0.15) is 45.4 Å². The highest BCUT2D eigenvalue weighted by Gasteiger charge is 2.42. The van der Waals surface area contributed by atoms with Crippen LogP contribution >= 0.6 is 12.4 Å². The van der Waals surface area contributed by atoms with Crippen LogP contribution in [0.5, 0.6) is 0 Å². The number of carbonyl (C=O) groups excluding carboxylic acids is 1. The van der Waals surface area contributed by atoms with Gasteiger partial charge in [0.05, 0.1) is 19.3 Å². The maximum atomic E-state index is 12.9. The molecule has 1 aliphatic heterocycles. The number of morpholine rings is 1. The molecule has 122 valence electrons. The first-order valence-corrected chi connectivity index (χ1v) is 8.34. The number of rotatable bonds is 2. The lowest BCUT2D eigenvalue weighted by Crippen LogP contribution is -2.54. The number of hydrogen-bond donors (Lipinski definition) is 1. The summed E-state index contributed by atoms with van der Waals surface area (Å²) in [6.45, 7) is 4.32. The predicted octanol–water partition coefficient (Wildman–Crippen LogP) is 2.20. The fourth-order valence-corrected chi connectivity index (χ4v) is 4.51. The van der Waals surface area contributed by atoms with Crippen LogP contribution in [0, 0.1) is 17.8 Å². The number of ether oxygens (including phenoxy) is 1. The Balaban J connectivity index is 0.00000161. The minimum atomic E-state index is 0. The third-order valence-corrected chi connectivity index (χ3v) is 5.74. The van der Waals surface area contributed by atoms with Crippen LogP contribution < -0.4 is 5.73 Å². The lowest BCUT2D eigenvalue weighted by molar-refractivity contribution is -0.147. The van der Waals surface area contributed by atoms with Gasteiger partial charge in [-0.25, -0.2) is 0 Å². The Morgan fingerprint density at radius 3 is 2.57 bits per heavy atom. The zero-order valence-electron chi connectivity index (χ0n) is 13.0. The van der Waals surface area contributed by atoms with Gasteiger partial charge in [0.25, 0.3) is 0 Å². The van der Waals surface area contributed by atoms with Gasteiger partial charge in [-0.2, -0.15) is 0 Å². The summed E-state index contributed by atoms with van der Waals surface area (Å²) in [6, 6.07) is 0.631. The van der Waals surface area contributed by atoms with Gasteiger partial charge >= 0.3 is 0 Å². The highest BCUT2D eigenvalue weighted by atomic mass is 35.5.